The summed E-state index contributed by atoms with van der Waals surface area (Å²) in [4.78, 5) is 11.6. The van der Waals surface area contributed by atoms with Crippen molar-refractivity contribution in [1.82, 2.24) is 5.32 Å². The van der Waals surface area contributed by atoms with Crippen LogP contribution in [-0.2, 0) is 9.84 Å². The molecule has 0 heterocycles. The molecule has 0 saturated heterocycles. The van der Waals surface area contributed by atoms with Crippen LogP contribution in [0.5, 0.6) is 0 Å². The highest BCUT2D eigenvalue weighted by Crippen LogP contribution is 2.23. The van der Waals surface area contributed by atoms with Crippen molar-refractivity contribution in [3.63, 3.8) is 0 Å². The first-order chi connectivity index (χ1) is 12.9. The molecule has 0 radical (unpaired) electrons. The third-order valence-corrected chi connectivity index (χ3v) is 4.86. The summed E-state index contributed by atoms with van der Waals surface area (Å²) in [6, 6.07) is 3.54. The largest absolute Gasteiger partial charge is 0.394 e. The number of carbonyl (C=O) groups is 1. The Morgan fingerprint density at radius 1 is 1.18 bits per heavy atom. The molecule has 0 fully saturated rings. The lowest BCUT2D eigenvalue weighted by molar-refractivity contribution is -0.111. The fourth-order valence-electron chi connectivity index (χ4n) is 2.21. The van der Waals surface area contributed by atoms with E-state index in [1.54, 1.807) is 0 Å². The second-order valence-corrected chi connectivity index (χ2v) is 8.01. The lowest BCUT2D eigenvalue weighted by Crippen LogP contribution is -2.48. The summed E-state index contributed by atoms with van der Waals surface area (Å²) in [6.07, 6.45) is -6.04. The van der Waals surface area contributed by atoms with E-state index in [2.05, 4.69) is 5.32 Å². The molecule has 158 valence electrons. The number of aliphatic hydroxyl groups excluding tert-OH is 5. The molecule has 28 heavy (non-hydrogen) atoms. The minimum atomic E-state index is -3.81. The first-order valence-electron chi connectivity index (χ1n) is 7.95. The van der Waals surface area contributed by atoms with Crippen molar-refractivity contribution in [1.29, 1.82) is 5.41 Å². The summed E-state index contributed by atoms with van der Waals surface area (Å²) in [5, 5.41) is 59.0. The molecule has 1 aromatic rings. The molecule has 4 atom stereocenters. The smallest absolute Gasteiger partial charge is 0.257 e. The van der Waals surface area contributed by atoms with Crippen LogP contribution >= 0.6 is 0 Å². The van der Waals surface area contributed by atoms with Crippen molar-refractivity contribution in [2.45, 2.75) is 29.3 Å². The van der Waals surface area contributed by atoms with Gasteiger partial charge in [-0.25, -0.2) is 8.42 Å². The molecule has 0 unspecified atom stereocenters. The Morgan fingerprint density at radius 2 is 1.75 bits per heavy atom. The van der Waals surface area contributed by atoms with Crippen LogP contribution in [0.4, 0.5) is 5.69 Å². The van der Waals surface area contributed by atoms with E-state index in [9.17, 15) is 33.6 Å². The molecule has 0 bridgehead atoms. The number of aliphatic hydroxyl groups is 5. The van der Waals surface area contributed by atoms with E-state index >= 15 is 0 Å². The Bertz CT molecular complexity index is 816. The highest BCUT2D eigenvalue weighted by atomic mass is 32.2. The van der Waals surface area contributed by atoms with Gasteiger partial charge in [-0.2, -0.15) is 0 Å². The van der Waals surface area contributed by atoms with Gasteiger partial charge in [0.25, 0.3) is 5.91 Å². The molecule has 10 N–H and O–H groups in total. The second-order valence-electron chi connectivity index (χ2n) is 6.03. The lowest BCUT2D eigenvalue weighted by atomic mass is 10.0. The number of rotatable bonds is 9. The number of benzene rings is 1. The minimum Gasteiger partial charge on any atom is -0.394 e. The van der Waals surface area contributed by atoms with Gasteiger partial charge >= 0.3 is 0 Å². The van der Waals surface area contributed by atoms with E-state index in [1.807, 2.05) is 5.32 Å². The van der Waals surface area contributed by atoms with Crippen LogP contribution in [-0.4, -0.2) is 89.6 Å². The first-order valence-corrected chi connectivity index (χ1v) is 9.84. The number of hydrogen-bond donors (Lipinski definition) is 9. The lowest BCUT2D eigenvalue weighted by Gasteiger charge is -2.26. The van der Waals surface area contributed by atoms with Gasteiger partial charge in [-0.15, -0.1) is 0 Å². The topological polar surface area (TPSA) is 226 Å². The quantitative estimate of drug-likeness (QED) is 0.142. The van der Waals surface area contributed by atoms with Gasteiger partial charge in [-0.05, 0) is 18.2 Å². The third-order valence-electron chi connectivity index (χ3n) is 3.72. The number of carbonyl (C=O) groups excluding carboxylic acids is 1. The maximum atomic E-state index is 12.0. The van der Waals surface area contributed by atoms with Crippen LogP contribution in [0.15, 0.2) is 23.1 Å². The second kappa shape index (κ2) is 9.77. The minimum absolute atomic E-state index is 0.00493. The van der Waals surface area contributed by atoms with Crippen LogP contribution in [0, 0.1) is 5.41 Å². The normalized spacial score (nSPS) is 15.9. The molecular weight excluding hydrogens is 396 g/mol. The molecular formula is C15H24N4O8S. The maximum Gasteiger partial charge on any atom is 0.257 e. The number of nitrogens with two attached hydrogens (primary N) is 1. The monoisotopic (exact) mass is 420 g/mol. The summed E-state index contributed by atoms with van der Waals surface area (Å²) < 4.78 is 24.0. The van der Waals surface area contributed by atoms with Crippen molar-refractivity contribution in [3.05, 3.63) is 23.8 Å². The van der Waals surface area contributed by atoms with Crippen molar-refractivity contribution < 1.29 is 38.7 Å². The predicted octanol–water partition coefficient (Wildman–Crippen LogP) is -3.44. The standard InChI is InChI=1S/C15H24N4O8S/c1-28(26,27)11-4-7(14(25)19-15(16)17)2-3-8(11)18-5-9(21)12(23)13(24)10(22)6-20/h2-4,9-10,12-13,18,20-24H,5-6H2,1H3,(H4,16,17,19,25)/t9-,10-,12-,13-/m1/s1. The van der Waals surface area contributed by atoms with Crippen molar-refractivity contribution in [3.8, 4) is 0 Å². The van der Waals surface area contributed by atoms with E-state index in [0.717, 1.165) is 12.3 Å². The predicted molar refractivity (Wildman–Crippen MR) is 98.5 cm³/mol. The van der Waals surface area contributed by atoms with E-state index in [1.165, 1.54) is 12.1 Å². The van der Waals surface area contributed by atoms with Gasteiger partial charge in [0, 0.05) is 18.4 Å². The maximum absolute atomic E-state index is 12.0. The first kappa shape index (κ1) is 23.7. The molecule has 0 aliphatic heterocycles. The highest BCUT2D eigenvalue weighted by Gasteiger charge is 2.30. The molecule has 1 rings (SSSR count). The third kappa shape index (κ3) is 6.40. The highest BCUT2D eigenvalue weighted by molar-refractivity contribution is 7.90. The van der Waals surface area contributed by atoms with Gasteiger partial charge in [0.15, 0.2) is 15.8 Å². The van der Waals surface area contributed by atoms with E-state index in [4.69, 9.17) is 16.2 Å². The number of amides is 1. The summed E-state index contributed by atoms with van der Waals surface area (Å²) in [5.41, 5.74) is 4.99. The molecule has 0 aliphatic rings. The van der Waals surface area contributed by atoms with Crippen LogP contribution in [0.1, 0.15) is 10.4 Å². The van der Waals surface area contributed by atoms with Gasteiger partial charge in [0.2, 0.25) is 0 Å². The van der Waals surface area contributed by atoms with Gasteiger partial charge < -0.3 is 36.6 Å². The molecule has 0 aromatic heterocycles. The van der Waals surface area contributed by atoms with Crippen LogP contribution in [0.3, 0.4) is 0 Å². The van der Waals surface area contributed by atoms with Crippen LogP contribution < -0.4 is 16.4 Å². The summed E-state index contributed by atoms with van der Waals surface area (Å²) in [5.74, 6) is -1.41. The zero-order valence-corrected chi connectivity index (χ0v) is 15.7. The molecule has 1 aromatic carbocycles. The molecule has 0 saturated carbocycles. The zero-order valence-electron chi connectivity index (χ0n) is 14.9. The fourth-order valence-corrected chi connectivity index (χ4v) is 3.09. The SMILES string of the molecule is CS(=O)(=O)c1cc(C(=O)NC(=N)N)ccc1NC[C@@H](O)[C@@H](O)[C@H](O)[C@H](O)CO. The van der Waals surface area contributed by atoms with E-state index < -0.39 is 59.3 Å². The Labute approximate surface area is 161 Å². The van der Waals surface area contributed by atoms with Crippen molar-refractivity contribution in [2.75, 3.05) is 24.7 Å². The number of anilines is 1. The van der Waals surface area contributed by atoms with E-state index in [-0.39, 0.29) is 16.1 Å². The average molecular weight is 420 g/mol. The van der Waals surface area contributed by atoms with E-state index in [0.29, 0.717) is 0 Å². The summed E-state index contributed by atoms with van der Waals surface area (Å²) >= 11 is 0. The molecule has 0 aliphatic carbocycles. The zero-order chi connectivity index (χ0) is 21.6. The molecule has 0 spiro atoms. The summed E-state index contributed by atoms with van der Waals surface area (Å²) in [7, 11) is -3.81. The fraction of sp³-hybridized carbons (Fsp3) is 0.467. The van der Waals surface area contributed by atoms with Gasteiger partial charge in [-0.1, -0.05) is 0 Å². The number of guanidine groups is 1. The average Bonchev–Trinajstić information content (AvgIpc) is 2.62. The Hall–Kier alpha value is -2.29. The number of hydrogen-bond acceptors (Lipinski definition) is 10. The van der Waals surface area contributed by atoms with Gasteiger partial charge in [-0.3, -0.25) is 15.5 Å². The van der Waals surface area contributed by atoms with Gasteiger partial charge in [0.05, 0.1) is 23.3 Å². The Morgan fingerprint density at radius 3 is 2.25 bits per heavy atom. The van der Waals surface area contributed by atoms with Crippen LogP contribution in [0.2, 0.25) is 0 Å². The molecule has 13 heteroatoms. The Kier molecular flexibility index (Phi) is 8.29. The van der Waals surface area contributed by atoms with Gasteiger partial charge in [0.1, 0.15) is 18.3 Å². The molecule has 12 nitrogen and oxygen atoms in total. The molecule has 1 amide bonds. The van der Waals surface area contributed by atoms with Crippen molar-refractivity contribution >= 4 is 27.4 Å². The number of nitrogens with one attached hydrogen (secondary N) is 3. The Balaban J connectivity index is 3.02. The summed E-state index contributed by atoms with van der Waals surface area (Å²) in [6.45, 7) is -1.25. The van der Waals surface area contributed by atoms with Crippen molar-refractivity contribution in [2.24, 2.45) is 5.73 Å². The number of sulfone groups is 1. The van der Waals surface area contributed by atoms with Crippen LogP contribution in [0.25, 0.3) is 0 Å².